The van der Waals surface area contributed by atoms with Crippen LogP contribution < -0.4 is 5.73 Å². The van der Waals surface area contributed by atoms with Crippen molar-refractivity contribution in [1.29, 1.82) is 0 Å². The number of halogens is 2. The van der Waals surface area contributed by atoms with Crippen LogP contribution in [0.5, 0.6) is 0 Å². The molecule has 0 spiro atoms. The van der Waals surface area contributed by atoms with E-state index in [1.807, 2.05) is 22.6 Å². The van der Waals surface area contributed by atoms with Gasteiger partial charge in [-0.05, 0) is 22.6 Å². The van der Waals surface area contributed by atoms with Crippen molar-refractivity contribution in [2.24, 2.45) is 7.05 Å². The molecular formula is C7H6FIN4. The largest absolute Gasteiger partial charge is 0.383 e. The molecule has 0 aliphatic rings. The Balaban J connectivity index is 3.03. The molecule has 0 saturated heterocycles. The highest BCUT2D eigenvalue weighted by molar-refractivity contribution is 14.1. The lowest BCUT2D eigenvalue weighted by atomic mass is 10.3. The zero-order valence-electron chi connectivity index (χ0n) is 6.75. The molecule has 0 bridgehead atoms. The minimum absolute atomic E-state index is 0.314. The van der Waals surface area contributed by atoms with Crippen molar-refractivity contribution in [3.05, 3.63) is 15.7 Å². The molecule has 4 nitrogen and oxygen atoms in total. The number of aryl methyl sites for hydroxylation is 1. The van der Waals surface area contributed by atoms with Crippen LogP contribution in [-0.4, -0.2) is 14.8 Å². The van der Waals surface area contributed by atoms with Crippen molar-refractivity contribution < 1.29 is 4.39 Å². The highest BCUT2D eigenvalue weighted by Gasteiger charge is 2.13. The molecule has 0 unspecified atom stereocenters. The van der Waals surface area contributed by atoms with Gasteiger partial charge in [0.15, 0.2) is 5.82 Å². The van der Waals surface area contributed by atoms with E-state index in [1.165, 1.54) is 4.68 Å². The van der Waals surface area contributed by atoms with Gasteiger partial charge >= 0.3 is 0 Å². The maximum atomic E-state index is 13.3. The molecule has 2 aromatic heterocycles. The Morgan fingerprint density at radius 1 is 1.62 bits per heavy atom. The molecule has 68 valence electrons. The predicted octanol–water partition coefficient (Wildman–Crippen LogP) is 1.29. The first-order valence-electron chi connectivity index (χ1n) is 3.53. The number of nitrogens with two attached hydrogens (primary N) is 1. The summed E-state index contributed by atoms with van der Waals surface area (Å²) in [5, 5.41) is 4.64. The van der Waals surface area contributed by atoms with E-state index in [-0.39, 0.29) is 0 Å². The lowest BCUT2D eigenvalue weighted by Gasteiger charge is -1.97. The fourth-order valence-corrected chi connectivity index (χ4v) is 2.10. The maximum absolute atomic E-state index is 13.3. The molecule has 2 aromatic rings. The molecule has 2 N–H and O–H groups in total. The topological polar surface area (TPSA) is 56.7 Å². The fourth-order valence-electron chi connectivity index (χ4n) is 1.24. The van der Waals surface area contributed by atoms with Crippen molar-refractivity contribution in [3.8, 4) is 0 Å². The van der Waals surface area contributed by atoms with Crippen molar-refractivity contribution in [2.45, 2.75) is 0 Å². The third-order valence-corrected chi connectivity index (χ3v) is 2.56. The zero-order valence-corrected chi connectivity index (χ0v) is 8.91. The quantitative estimate of drug-likeness (QED) is 0.744. The third kappa shape index (κ3) is 1.16. The number of nitrogens with zero attached hydrogens (tertiary/aromatic N) is 3. The van der Waals surface area contributed by atoms with Crippen LogP contribution in [0.1, 0.15) is 0 Å². The van der Waals surface area contributed by atoms with Crippen LogP contribution in [0, 0.1) is 9.52 Å². The summed E-state index contributed by atoms with van der Waals surface area (Å²) >= 11 is 2.00. The summed E-state index contributed by atoms with van der Waals surface area (Å²) < 4.78 is 15.4. The fraction of sp³-hybridized carbons (Fsp3) is 0.143. The van der Waals surface area contributed by atoms with Gasteiger partial charge in [-0.1, -0.05) is 0 Å². The van der Waals surface area contributed by atoms with Gasteiger partial charge in [-0.25, -0.2) is 9.37 Å². The smallest absolute Gasteiger partial charge is 0.167 e. The zero-order chi connectivity index (χ0) is 9.59. The second kappa shape index (κ2) is 2.79. The molecule has 0 fully saturated rings. The molecule has 2 heterocycles. The van der Waals surface area contributed by atoms with Gasteiger partial charge in [0, 0.05) is 7.05 Å². The Bertz CT molecular complexity index is 437. The molecule has 0 radical (unpaired) electrons. The van der Waals surface area contributed by atoms with Crippen molar-refractivity contribution >= 4 is 39.3 Å². The van der Waals surface area contributed by atoms with Crippen molar-refractivity contribution in [2.75, 3.05) is 5.73 Å². The summed E-state index contributed by atoms with van der Waals surface area (Å²) in [6, 6.07) is 0. The van der Waals surface area contributed by atoms with Crippen molar-refractivity contribution in [1.82, 2.24) is 14.8 Å². The first-order valence-corrected chi connectivity index (χ1v) is 4.61. The van der Waals surface area contributed by atoms with E-state index in [0.29, 0.717) is 20.4 Å². The maximum Gasteiger partial charge on any atom is 0.167 e. The minimum Gasteiger partial charge on any atom is -0.383 e. The molecule has 13 heavy (non-hydrogen) atoms. The number of hydrogen-bond donors (Lipinski definition) is 1. The van der Waals surface area contributed by atoms with Gasteiger partial charge in [-0.2, -0.15) is 5.10 Å². The Morgan fingerprint density at radius 3 is 2.92 bits per heavy atom. The number of anilines is 1. The van der Waals surface area contributed by atoms with E-state index in [9.17, 15) is 4.39 Å². The first-order chi connectivity index (χ1) is 6.11. The number of fused-ring (bicyclic) bond motifs is 1. The highest BCUT2D eigenvalue weighted by Crippen LogP contribution is 2.25. The summed E-state index contributed by atoms with van der Waals surface area (Å²) in [5.74, 6) is -0.0870. The van der Waals surface area contributed by atoms with E-state index in [0.717, 1.165) is 6.20 Å². The summed E-state index contributed by atoms with van der Waals surface area (Å²) in [6.45, 7) is 0. The van der Waals surface area contributed by atoms with Crippen LogP contribution in [0.2, 0.25) is 0 Å². The monoisotopic (exact) mass is 292 g/mol. The molecular weight excluding hydrogens is 286 g/mol. The van der Waals surface area contributed by atoms with Gasteiger partial charge < -0.3 is 5.73 Å². The standard InChI is InChI=1S/C7H6FIN4/c1-13-5-3(8)2-11-7(10)4(5)6(9)12-13/h2H,1H3,(H2,10,11). The Kier molecular flexibility index (Phi) is 1.86. The molecule has 0 aliphatic heterocycles. The van der Waals surface area contributed by atoms with Crippen LogP contribution in [0.15, 0.2) is 6.20 Å². The normalized spacial score (nSPS) is 11.0. The molecule has 6 heteroatoms. The van der Waals surface area contributed by atoms with Crippen LogP contribution in [0.25, 0.3) is 10.9 Å². The van der Waals surface area contributed by atoms with E-state index >= 15 is 0 Å². The van der Waals surface area contributed by atoms with Crippen LogP contribution in [-0.2, 0) is 7.05 Å². The third-order valence-electron chi connectivity index (χ3n) is 1.80. The van der Waals surface area contributed by atoms with E-state index in [2.05, 4.69) is 10.1 Å². The molecule has 0 aliphatic carbocycles. The Labute approximate surface area is 87.1 Å². The summed E-state index contributed by atoms with van der Waals surface area (Å²) in [7, 11) is 1.67. The summed E-state index contributed by atoms with van der Waals surface area (Å²) in [4.78, 5) is 3.73. The second-order valence-corrected chi connectivity index (χ2v) is 3.65. The molecule has 2 rings (SSSR count). The number of nitrogen functional groups attached to an aromatic ring is 1. The van der Waals surface area contributed by atoms with E-state index < -0.39 is 5.82 Å². The average molecular weight is 292 g/mol. The molecule has 0 aromatic carbocycles. The molecule has 0 atom stereocenters. The summed E-state index contributed by atoms with van der Waals surface area (Å²) in [6.07, 6.45) is 1.11. The van der Waals surface area contributed by atoms with Crippen LogP contribution in [0.4, 0.5) is 10.2 Å². The number of aromatic nitrogens is 3. The van der Waals surface area contributed by atoms with Crippen molar-refractivity contribution in [3.63, 3.8) is 0 Å². The lowest BCUT2D eigenvalue weighted by molar-refractivity contribution is 0.620. The Morgan fingerprint density at radius 2 is 2.31 bits per heavy atom. The van der Waals surface area contributed by atoms with Gasteiger partial charge in [0.1, 0.15) is 15.0 Å². The van der Waals surface area contributed by atoms with E-state index in [4.69, 9.17) is 5.73 Å². The Hall–Kier alpha value is -0.920. The SMILES string of the molecule is Cn1nc(I)c2c(N)ncc(F)c21. The van der Waals surface area contributed by atoms with Gasteiger partial charge in [-0.15, -0.1) is 0 Å². The molecule has 0 saturated carbocycles. The van der Waals surface area contributed by atoms with Gasteiger partial charge in [0.05, 0.1) is 11.6 Å². The number of pyridine rings is 1. The van der Waals surface area contributed by atoms with Gasteiger partial charge in [-0.3, -0.25) is 4.68 Å². The van der Waals surface area contributed by atoms with Crippen LogP contribution >= 0.6 is 22.6 Å². The van der Waals surface area contributed by atoms with Gasteiger partial charge in [0.25, 0.3) is 0 Å². The second-order valence-electron chi connectivity index (χ2n) is 2.63. The molecule has 0 amide bonds. The van der Waals surface area contributed by atoms with Gasteiger partial charge in [0.2, 0.25) is 0 Å². The summed E-state index contributed by atoms with van der Waals surface area (Å²) in [5.41, 5.74) is 6.00. The van der Waals surface area contributed by atoms with Crippen LogP contribution in [0.3, 0.4) is 0 Å². The predicted molar refractivity (Wildman–Crippen MR) is 55.6 cm³/mol. The minimum atomic E-state index is -0.401. The first kappa shape index (κ1) is 8.67. The number of hydrogen-bond acceptors (Lipinski definition) is 3. The van der Waals surface area contributed by atoms with E-state index in [1.54, 1.807) is 7.05 Å². The lowest BCUT2D eigenvalue weighted by Crippen LogP contribution is -1.96. The average Bonchev–Trinajstić information content (AvgIpc) is 2.36. The highest BCUT2D eigenvalue weighted by atomic mass is 127. The number of rotatable bonds is 0.